The summed E-state index contributed by atoms with van der Waals surface area (Å²) in [7, 11) is 0. The van der Waals surface area contributed by atoms with Crippen LogP contribution in [0, 0.1) is 10.1 Å². The molecular weight excluding hydrogens is 246 g/mol. The van der Waals surface area contributed by atoms with Gasteiger partial charge < -0.3 is 5.32 Å². The zero-order valence-corrected chi connectivity index (χ0v) is 10.6. The number of nitro groups is 1. The van der Waals surface area contributed by atoms with Crippen LogP contribution in [0.2, 0.25) is 0 Å². The van der Waals surface area contributed by atoms with Crippen LogP contribution in [0.15, 0.2) is 36.7 Å². The standard InChI is InChI=1S/C12H15N5O2/c1-10(13-6-8-16-9-7-14-15-16)11-4-2-3-5-12(11)17(18)19/h2-5,7,9-10,13H,6,8H2,1H3. The van der Waals surface area contributed by atoms with E-state index in [1.54, 1.807) is 35.3 Å². The van der Waals surface area contributed by atoms with Gasteiger partial charge in [0.1, 0.15) is 0 Å². The zero-order chi connectivity index (χ0) is 13.7. The normalized spacial score (nSPS) is 12.3. The van der Waals surface area contributed by atoms with Crippen molar-refractivity contribution in [2.45, 2.75) is 19.5 Å². The SMILES string of the molecule is CC(NCCn1ccnn1)c1ccccc1[N+](=O)[O-]. The van der Waals surface area contributed by atoms with Crippen LogP contribution in [-0.2, 0) is 6.54 Å². The highest BCUT2D eigenvalue weighted by Gasteiger charge is 2.17. The molecule has 0 fully saturated rings. The van der Waals surface area contributed by atoms with E-state index in [0.717, 1.165) is 0 Å². The largest absolute Gasteiger partial charge is 0.308 e. The molecule has 1 N–H and O–H groups in total. The number of hydrogen-bond donors (Lipinski definition) is 1. The van der Waals surface area contributed by atoms with Crippen molar-refractivity contribution in [2.24, 2.45) is 0 Å². The van der Waals surface area contributed by atoms with Gasteiger partial charge in [0.05, 0.1) is 17.7 Å². The second-order valence-electron chi connectivity index (χ2n) is 4.16. The van der Waals surface area contributed by atoms with Gasteiger partial charge in [-0.2, -0.15) is 0 Å². The van der Waals surface area contributed by atoms with E-state index in [0.29, 0.717) is 18.7 Å². The molecule has 1 heterocycles. The summed E-state index contributed by atoms with van der Waals surface area (Å²) in [4.78, 5) is 10.6. The molecule has 0 radical (unpaired) electrons. The van der Waals surface area contributed by atoms with Crippen molar-refractivity contribution in [2.75, 3.05) is 6.54 Å². The van der Waals surface area contributed by atoms with Crippen LogP contribution in [0.25, 0.3) is 0 Å². The molecule has 2 rings (SSSR count). The van der Waals surface area contributed by atoms with Gasteiger partial charge >= 0.3 is 0 Å². The fourth-order valence-electron chi connectivity index (χ4n) is 1.88. The van der Waals surface area contributed by atoms with Gasteiger partial charge in [-0.25, -0.2) is 0 Å². The maximum atomic E-state index is 10.9. The number of rotatable bonds is 6. The molecule has 0 spiro atoms. The first kappa shape index (κ1) is 13.2. The van der Waals surface area contributed by atoms with Crippen molar-refractivity contribution in [1.29, 1.82) is 0 Å². The predicted octanol–water partition coefficient (Wildman–Crippen LogP) is 1.54. The summed E-state index contributed by atoms with van der Waals surface area (Å²) < 4.78 is 1.71. The summed E-state index contributed by atoms with van der Waals surface area (Å²) in [5.74, 6) is 0. The number of hydrogen-bond acceptors (Lipinski definition) is 5. The first-order valence-corrected chi connectivity index (χ1v) is 5.99. The molecule has 19 heavy (non-hydrogen) atoms. The summed E-state index contributed by atoms with van der Waals surface area (Å²) in [5.41, 5.74) is 0.828. The summed E-state index contributed by atoms with van der Waals surface area (Å²) in [6.07, 6.45) is 3.39. The highest BCUT2D eigenvalue weighted by molar-refractivity contribution is 5.41. The lowest BCUT2D eigenvalue weighted by molar-refractivity contribution is -0.385. The second kappa shape index (κ2) is 6.05. The molecular formula is C12H15N5O2. The Morgan fingerprint density at radius 3 is 2.95 bits per heavy atom. The fraction of sp³-hybridized carbons (Fsp3) is 0.333. The van der Waals surface area contributed by atoms with E-state index in [1.807, 2.05) is 6.92 Å². The smallest absolute Gasteiger partial charge is 0.274 e. The van der Waals surface area contributed by atoms with Gasteiger partial charge in [0, 0.05) is 30.4 Å². The number of aromatic nitrogens is 3. The Bertz CT molecular complexity index is 541. The maximum Gasteiger partial charge on any atom is 0.274 e. The van der Waals surface area contributed by atoms with Crippen LogP contribution in [-0.4, -0.2) is 26.5 Å². The first-order chi connectivity index (χ1) is 9.18. The first-order valence-electron chi connectivity index (χ1n) is 5.99. The fourth-order valence-corrected chi connectivity index (χ4v) is 1.88. The molecule has 0 aliphatic rings. The van der Waals surface area contributed by atoms with E-state index in [-0.39, 0.29) is 16.7 Å². The van der Waals surface area contributed by atoms with Crippen LogP contribution < -0.4 is 5.32 Å². The molecule has 0 aliphatic carbocycles. The third-order valence-electron chi connectivity index (χ3n) is 2.86. The number of nitrogens with zero attached hydrogens (tertiary/aromatic N) is 4. The van der Waals surface area contributed by atoms with Gasteiger partial charge in [0.2, 0.25) is 0 Å². The molecule has 1 aromatic carbocycles. The third-order valence-corrected chi connectivity index (χ3v) is 2.86. The molecule has 1 aromatic heterocycles. The number of nitro benzene ring substituents is 1. The number of benzene rings is 1. The molecule has 0 bridgehead atoms. The Hall–Kier alpha value is -2.28. The molecule has 0 saturated carbocycles. The summed E-state index contributed by atoms with van der Waals surface area (Å²) in [6, 6.07) is 6.67. The van der Waals surface area contributed by atoms with Crippen LogP contribution in [0.5, 0.6) is 0 Å². The Balaban J connectivity index is 1.96. The summed E-state index contributed by atoms with van der Waals surface area (Å²) in [6.45, 7) is 3.24. The molecule has 7 nitrogen and oxygen atoms in total. The minimum Gasteiger partial charge on any atom is -0.308 e. The molecule has 0 saturated heterocycles. The van der Waals surface area contributed by atoms with Gasteiger partial charge in [-0.3, -0.25) is 14.8 Å². The minimum absolute atomic E-state index is 0.0925. The molecule has 7 heteroatoms. The predicted molar refractivity (Wildman–Crippen MR) is 69.5 cm³/mol. The lowest BCUT2D eigenvalue weighted by Crippen LogP contribution is -2.24. The van der Waals surface area contributed by atoms with Crippen LogP contribution in [0.4, 0.5) is 5.69 Å². The summed E-state index contributed by atoms with van der Waals surface area (Å²) in [5, 5.41) is 21.7. The molecule has 2 aromatic rings. The monoisotopic (exact) mass is 261 g/mol. The molecule has 1 atom stereocenters. The van der Waals surface area contributed by atoms with Crippen molar-refractivity contribution in [1.82, 2.24) is 20.3 Å². The van der Waals surface area contributed by atoms with Crippen molar-refractivity contribution < 1.29 is 4.92 Å². The van der Waals surface area contributed by atoms with Crippen molar-refractivity contribution in [3.05, 3.63) is 52.3 Å². The van der Waals surface area contributed by atoms with E-state index < -0.39 is 0 Å². The molecule has 0 aliphatic heterocycles. The second-order valence-corrected chi connectivity index (χ2v) is 4.16. The van der Waals surface area contributed by atoms with Crippen LogP contribution in [0.1, 0.15) is 18.5 Å². The minimum atomic E-state index is -0.356. The number of nitrogens with one attached hydrogen (secondary N) is 1. The zero-order valence-electron chi connectivity index (χ0n) is 10.6. The quantitative estimate of drug-likeness (QED) is 0.629. The van der Waals surface area contributed by atoms with Crippen molar-refractivity contribution in [3.63, 3.8) is 0 Å². The molecule has 1 unspecified atom stereocenters. The Kier molecular flexibility index (Phi) is 4.19. The average Bonchev–Trinajstić information content (AvgIpc) is 2.91. The molecule has 0 amide bonds. The van der Waals surface area contributed by atoms with Crippen LogP contribution in [0.3, 0.4) is 0 Å². The van der Waals surface area contributed by atoms with Gasteiger partial charge in [0.15, 0.2) is 0 Å². The average molecular weight is 261 g/mol. The van der Waals surface area contributed by atoms with E-state index >= 15 is 0 Å². The highest BCUT2D eigenvalue weighted by atomic mass is 16.6. The molecule has 100 valence electrons. The number of para-hydroxylation sites is 1. The van der Waals surface area contributed by atoms with Gasteiger partial charge in [-0.15, -0.1) is 5.10 Å². The lowest BCUT2D eigenvalue weighted by Gasteiger charge is -2.14. The Labute approximate surface area is 110 Å². The van der Waals surface area contributed by atoms with Crippen molar-refractivity contribution >= 4 is 5.69 Å². The lowest BCUT2D eigenvalue weighted by atomic mass is 10.1. The third kappa shape index (κ3) is 3.35. The Morgan fingerprint density at radius 2 is 2.26 bits per heavy atom. The maximum absolute atomic E-state index is 10.9. The highest BCUT2D eigenvalue weighted by Crippen LogP contribution is 2.24. The van der Waals surface area contributed by atoms with E-state index in [4.69, 9.17) is 0 Å². The van der Waals surface area contributed by atoms with E-state index in [9.17, 15) is 10.1 Å². The van der Waals surface area contributed by atoms with E-state index in [1.165, 1.54) is 6.07 Å². The van der Waals surface area contributed by atoms with Gasteiger partial charge in [-0.1, -0.05) is 23.4 Å². The van der Waals surface area contributed by atoms with Crippen molar-refractivity contribution in [3.8, 4) is 0 Å². The Morgan fingerprint density at radius 1 is 1.47 bits per heavy atom. The topological polar surface area (TPSA) is 85.9 Å². The van der Waals surface area contributed by atoms with Gasteiger partial charge in [0.25, 0.3) is 5.69 Å². The van der Waals surface area contributed by atoms with E-state index in [2.05, 4.69) is 15.6 Å². The van der Waals surface area contributed by atoms with Crippen LogP contribution >= 0.6 is 0 Å². The van der Waals surface area contributed by atoms with Gasteiger partial charge in [-0.05, 0) is 6.92 Å². The summed E-state index contributed by atoms with van der Waals surface area (Å²) >= 11 is 0.